The first-order chi connectivity index (χ1) is 3.63. The predicted molar refractivity (Wildman–Crippen MR) is 24.9 cm³/mol. The third kappa shape index (κ3) is 12.1. The molecule has 0 saturated carbocycles. The van der Waals surface area contributed by atoms with E-state index in [0.29, 0.717) is 0 Å². The molecule has 46 valence electrons. The molecule has 2 unspecified atom stereocenters. The summed E-state index contributed by atoms with van der Waals surface area (Å²) >= 11 is 0. The summed E-state index contributed by atoms with van der Waals surface area (Å²) in [6, 6.07) is 0. The fourth-order valence-corrected chi connectivity index (χ4v) is 1.47. The molecule has 0 aliphatic rings. The Morgan fingerprint density at radius 2 is 1.22 bits per heavy atom. The van der Waals surface area contributed by atoms with E-state index in [9.17, 15) is 18.9 Å². The van der Waals surface area contributed by atoms with Crippen molar-refractivity contribution in [2.45, 2.75) is 0 Å². The second kappa shape index (κ2) is 6.86. The van der Waals surface area contributed by atoms with E-state index >= 15 is 0 Å². The van der Waals surface area contributed by atoms with Gasteiger partial charge in [-0.3, -0.25) is 0 Å². The maximum Gasteiger partial charge on any atom is 2.00 e. The van der Waals surface area contributed by atoms with Gasteiger partial charge in [-0.25, -0.2) is 0 Å². The van der Waals surface area contributed by atoms with Gasteiger partial charge in [0, 0.05) is 0 Å². The molecule has 0 fully saturated rings. The maximum atomic E-state index is 9.67. The van der Waals surface area contributed by atoms with E-state index in [-0.39, 0.29) is 31.8 Å². The van der Waals surface area contributed by atoms with Gasteiger partial charge >= 0.3 is 35.5 Å². The minimum atomic E-state index is -2.52. The zero-order valence-corrected chi connectivity index (χ0v) is 9.40. The van der Waals surface area contributed by atoms with Crippen molar-refractivity contribution in [2.24, 2.45) is 0 Å². The zero-order chi connectivity index (χ0) is 6.57. The Morgan fingerprint density at radius 3 is 1.33 bits per heavy atom. The van der Waals surface area contributed by atoms with Gasteiger partial charge in [0.2, 0.25) is 0 Å². The van der Waals surface area contributed by atoms with Gasteiger partial charge in [-0.05, 0) is 0 Å². The summed E-state index contributed by atoms with van der Waals surface area (Å²) in [5.41, 5.74) is 0. The zero-order valence-electron chi connectivity index (χ0n) is 4.65. The topological polar surface area (TPSA) is 80.3 Å². The molecule has 0 bridgehead atoms. The van der Waals surface area contributed by atoms with Crippen molar-refractivity contribution in [3.63, 3.8) is 0 Å². The minimum Gasteiger partial charge on any atom is -0.595 e. The van der Waals surface area contributed by atoms with Crippen molar-refractivity contribution < 1.29 is 38.4 Å². The average molecular weight is 219 g/mol. The van der Waals surface area contributed by atoms with E-state index in [1.807, 2.05) is 0 Å². The summed E-state index contributed by atoms with van der Waals surface area (Å²) in [6.45, 7) is 0. The maximum absolute atomic E-state index is 9.67. The van der Waals surface area contributed by atoms with Crippen molar-refractivity contribution in [3.05, 3.63) is 0 Å². The van der Waals surface area contributed by atoms with Crippen LogP contribution in [0, 0.1) is 0 Å². The van der Waals surface area contributed by atoms with Crippen molar-refractivity contribution >= 4 is 16.1 Å². The molecule has 0 aromatic heterocycles. The summed E-state index contributed by atoms with van der Waals surface area (Å²) in [7, 11) is -5.03. The molecule has 0 aromatic carbocycles. The molecule has 0 aliphatic carbocycles. The van der Waals surface area contributed by atoms with Gasteiger partial charge in [0.15, 0.2) is 12.3 Å². The summed E-state index contributed by atoms with van der Waals surface area (Å²) in [5.74, 6) is 0. The largest absolute Gasteiger partial charge is 2.00 e. The number of hydrogen-bond acceptors (Lipinski definition) is 4. The van der Waals surface area contributed by atoms with Crippen molar-refractivity contribution in [1.82, 2.24) is 0 Å². The van der Waals surface area contributed by atoms with E-state index in [4.69, 9.17) is 0 Å². The molecule has 7 heteroatoms. The van der Waals surface area contributed by atoms with Crippen LogP contribution in [-0.2, 0) is 28.6 Å². The van der Waals surface area contributed by atoms with Crippen molar-refractivity contribution in [2.75, 3.05) is 12.3 Å². The van der Waals surface area contributed by atoms with E-state index < -0.39 is 16.1 Å². The third-order valence-electron chi connectivity index (χ3n) is 0.465. The Balaban J connectivity index is 0. The van der Waals surface area contributed by atoms with Crippen LogP contribution in [0.1, 0.15) is 0 Å². The quantitative estimate of drug-likeness (QED) is 0.459. The molecule has 4 nitrogen and oxygen atoms in total. The average Bonchev–Trinajstić information content (AvgIpc) is 1.61. The van der Waals surface area contributed by atoms with Crippen LogP contribution in [0.15, 0.2) is 0 Å². The Morgan fingerprint density at radius 1 is 1.00 bits per heavy atom. The molecule has 0 saturated heterocycles. The first-order valence-electron chi connectivity index (χ1n) is 1.86. The first kappa shape index (κ1) is 12.4. The van der Waals surface area contributed by atoms with Crippen LogP contribution >= 0.6 is 16.1 Å². The molecule has 0 aromatic rings. The van der Waals surface area contributed by atoms with Gasteiger partial charge in [0.1, 0.15) is 0 Å². The van der Waals surface area contributed by atoms with E-state index in [2.05, 4.69) is 0 Å². The molecule has 0 heterocycles. The number of rotatable bonds is 3. The molecular weight excluding hydrogens is 215 g/mol. The van der Waals surface area contributed by atoms with Crippen LogP contribution in [0.5, 0.6) is 0 Å². The van der Waals surface area contributed by atoms with Crippen LogP contribution < -0.4 is 9.79 Å². The molecule has 0 N–H and O–H groups in total. The van der Waals surface area contributed by atoms with Crippen molar-refractivity contribution in [3.8, 4) is 0 Å². The van der Waals surface area contributed by atoms with Gasteiger partial charge < -0.3 is 9.79 Å². The van der Waals surface area contributed by atoms with Crippen LogP contribution in [0.3, 0.4) is 0 Å². The monoisotopic (exact) mass is 218 g/mol. The minimum absolute atomic E-state index is 0. The Labute approximate surface area is 67.2 Å². The van der Waals surface area contributed by atoms with Crippen LogP contribution in [0.25, 0.3) is 0 Å². The summed E-state index contributed by atoms with van der Waals surface area (Å²) in [4.78, 5) is 19.3. The molecule has 0 radical (unpaired) electrons. The van der Waals surface area contributed by atoms with Crippen LogP contribution in [0.2, 0.25) is 0 Å². The summed E-state index contributed by atoms with van der Waals surface area (Å²) in [5, 5.41) is 0. The standard InChI is InChI=1S/C2H4O4P2.Zn/c3-7(4)1-2-8(5)6;/h1-2H2;/q;+2. The fourth-order valence-electron chi connectivity index (χ4n) is 0.163. The van der Waals surface area contributed by atoms with Crippen LogP contribution in [0.4, 0.5) is 0 Å². The van der Waals surface area contributed by atoms with E-state index in [1.165, 1.54) is 0 Å². The molecule has 9 heavy (non-hydrogen) atoms. The first-order valence-corrected chi connectivity index (χ1v) is 4.59. The van der Waals surface area contributed by atoms with E-state index in [0.717, 1.165) is 0 Å². The molecule has 0 aliphatic heterocycles. The number of hydrogen-bond donors (Lipinski definition) is 0. The molecule has 2 atom stereocenters. The molecule has 0 rings (SSSR count). The van der Waals surface area contributed by atoms with Gasteiger partial charge in [0.25, 0.3) is 0 Å². The van der Waals surface area contributed by atoms with E-state index in [1.54, 1.807) is 0 Å². The van der Waals surface area contributed by atoms with Gasteiger partial charge in [0.05, 0.1) is 0 Å². The van der Waals surface area contributed by atoms with Gasteiger partial charge in [-0.15, -0.1) is 0 Å². The van der Waals surface area contributed by atoms with Gasteiger partial charge in [-0.1, -0.05) is 9.13 Å². The second-order valence-electron chi connectivity index (χ2n) is 1.11. The predicted octanol–water partition coefficient (Wildman–Crippen LogP) is -0.811. The third-order valence-corrected chi connectivity index (χ3v) is 2.00. The van der Waals surface area contributed by atoms with Crippen LogP contribution in [-0.4, -0.2) is 12.3 Å². The van der Waals surface area contributed by atoms with Crippen molar-refractivity contribution in [1.29, 1.82) is 0 Å². The molecule has 0 amide bonds. The normalized spacial score (nSPS) is 11.8. The molecule has 0 spiro atoms. The smallest absolute Gasteiger partial charge is 0.595 e. The van der Waals surface area contributed by atoms with Gasteiger partial charge in [-0.2, -0.15) is 0 Å². The SMILES string of the molecule is O=[P+]([O-])CC[P+](=O)[O-].[Zn+2]. The fraction of sp³-hybridized carbons (Fsp3) is 1.00. The summed E-state index contributed by atoms with van der Waals surface area (Å²) < 4.78 is 19.3. The Kier molecular flexibility index (Phi) is 9.47. The second-order valence-corrected chi connectivity index (χ2v) is 3.34. The Hall–Kier alpha value is 0.743. The Bertz CT molecular complexity index is 101. The molecular formula is C2H4O4P2Zn+2. The summed E-state index contributed by atoms with van der Waals surface area (Å²) in [6.07, 6.45) is -0.512.